The third-order valence-electron chi connectivity index (χ3n) is 4.89. The molecule has 1 aliphatic rings. The summed E-state index contributed by atoms with van der Waals surface area (Å²) in [5.74, 6) is -0.768. The maximum atomic E-state index is 13.1. The van der Waals surface area contributed by atoms with Gasteiger partial charge >= 0.3 is 5.69 Å². The van der Waals surface area contributed by atoms with Gasteiger partial charge in [0.2, 0.25) is 11.7 Å². The summed E-state index contributed by atoms with van der Waals surface area (Å²) in [6.45, 7) is 0. The van der Waals surface area contributed by atoms with E-state index in [0.717, 1.165) is 9.13 Å². The molecule has 4 rings (SSSR count). The van der Waals surface area contributed by atoms with Gasteiger partial charge in [-0.15, -0.1) is 0 Å². The van der Waals surface area contributed by atoms with E-state index in [1.54, 1.807) is 48.5 Å². The van der Waals surface area contributed by atoms with Gasteiger partial charge in [-0.2, -0.15) is 0 Å². The van der Waals surface area contributed by atoms with E-state index in [-0.39, 0.29) is 17.1 Å². The molecule has 1 N–H and O–H groups in total. The van der Waals surface area contributed by atoms with Gasteiger partial charge in [-0.3, -0.25) is 18.7 Å². The van der Waals surface area contributed by atoms with E-state index in [9.17, 15) is 19.5 Å². The van der Waals surface area contributed by atoms with Crippen LogP contribution in [0.15, 0.2) is 69.2 Å². The first kappa shape index (κ1) is 18.4. The number of aromatic nitrogens is 2. The Balaban J connectivity index is 1.96. The van der Waals surface area contributed by atoms with Crippen molar-refractivity contribution in [1.82, 2.24) is 9.13 Å². The largest absolute Gasteiger partial charge is 0.494 e. The van der Waals surface area contributed by atoms with Crippen molar-refractivity contribution in [3.63, 3.8) is 0 Å². The average molecular weight is 387 g/mol. The molecule has 29 heavy (non-hydrogen) atoms. The summed E-state index contributed by atoms with van der Waals surface area (Å²) in [5, 5.41) is 10.4. The number of hydrogen-bond acceptors (Lipinski definition) is 5. The van der Waals surface area contributed by atoms with E-state index in [1.807, 2.05) is 6.07 Å². The Hall–Kier alpha value is -4.00. The highest BCUT2D eigenvalue weighted by Crippen LogP contribution is 2.37. The van der Waals surface area contributed by atoms with Gasteiger partial charge in [0, 0.05) is 30.8 Å². The first-order valence-corrected chi connectivity index (χ1v) is 8.89. The molecule has 0 bridgehead atoms. The molecule has 0 amide bonds. The van der Waals surface area contributed by atoms with E-state index in [1.165, 1.54) is 20.2 Å². The van der Waals surface area contributed by atoms with Crippen molar-refractivity contribution in [2.45, 2.75) is 0 Å². The van der Waals surface area contributed by atoms with E-state index in [2.05, 4.69) is 4.99 Å². The number of Topliss-reactive ketones (excluding diaryl/α,β-unsaturated/α-hetero) is 1. The highest BCUT2D eigenvalue weighted by atomic mass is 16.3. The number of allylic oxidation sites excluding steroid dienone is 1. The molecule has 0 spiro atoms. The summed E-state index contributed by atoms with van der Waals surface area (Å²) in [4.78, 5) is 42.2. The van der Waals surface area contributed by atoms with Gasteiger partial charge in [-0.25, -0.2) is 9.79 Å². The zero-order valence-electron chi connectivity index (χ0n) is 15.8. The minimum atomic E-state index is -0.658. The number of carbonyl (C=O) groups is 1. The van der Waals surface area contributed by atoms with Gasteiger partial charge in [0.15, 0.2) is 0 Å². The number of rotatable bonds is 3. The van der Waals surface area contributed by atoms with Gasteiger partial charge in [-0.05, 0) is 12.1 Å². The molecule has 2 aromatic carbocycles. The van der Waals surface area contributed by atoms with E-state index >= 15 is 0 Å². The molecule has 0 saturated heterocycles. The Labute approximate surface area is 165 Å². The second kappa shape index (κ2) is 6.87. The van der Waals surface area contributed by atoms with Crippen LogP contribution in [-0.4, -0.2) is 25.7 Å². The minimum absolute atomic E-state index is 0.0881. The first-order chi connectivity index (χ1) is 13.9. The van der Waals surface area contributed by atoms with Gasteiger partial charge in [0.1, 0.15) is 11.3 Å². The average Bonchev–Trinajstić information content (AvgIpc) is 3.12. The number of fused-ring (bicyclic) bond motifs is 1. The maximum Gasteiger partial charge on any atom is 0.333 e. The summed E-state index contributed by atoms with van der Waals surface area (Å²) >= 11 is 0. The van der Waals surface area contributed by atoms with Gasteiger partial charge < -0.3 is 5.11 Å². The maximum absolute atomic E-state index is 13.1. The van der Waals surface area contributed by atoms with Crippen LogP contribution in [0.2, 0.25) is 0 Å². The van der Waals surface area contributed by atoms with Crippen LogP contribution >= 0.6 is 0 Å². The minimum Gasteiger partial charge on any atom is -0.494 e. The zero-order valence-corrected chi connectivity index (χ0v) is 15.8. The quantitative estimate of drug-likeness (QED) is 0.698. The van der Waals surface area contributed by atoms with Crippen molar-refractivity contribution in [3.05, 3.63) is 92.1 Å². The van der Waals surface area contributed by atoms with Crippen molar-refractivity contribution in [2.75, 3.05) is 0 Å². The smallest absolute Gasteiger partial charge is 0.333 e. The fraction of sp³-hybridized carbons (Fsp3) is 0.0909. The zero-order chi connectivity index (χ0) is 20.7. The molecule has 1 aliphatic heterocycles. The molecule has 7 nitrogen and oxygen atoms in total. The van der Waals surface area contributed by atoms with Crippen molar-refractivity contribution in [1.29, 1.82) is 0 Å². The van der Waals surface area contributed by atoms with Crippen LogP contribution in [0.4, 0.5) is 5.69 Å². The lowest BCUT2D eigenvalue weighted by molar-refractivity contribution is 0.106. The molecule has 0 aliphatic carbocycles. The molecule has 2 heterocycles. The van der Waals surface area contributed by atoms with Crippen LogP contribution in [0.25, 0.3) is 11.6 Å². The second-order valence-electron chi connectivity index (χ2n) is 6.67. The molecule has 144 valence electrons. The van der Waals surface area contributed by atoms with Crippen LogP contribution in [0, 0.1) is 0 Å². The molecule has 0 atom stereocenters. The summed E-state index contributed by atoms with van der Waals surface area (Å²) in [6.07, 6.45) is 1.42. The topological polar surface area (TPSA) is 93.7 Å². The molecular formula is C22H17N3O4. The molecular weight excluding hydrogens is 370 g/mol. The summed E-state index contributed by atoms with van der Waals surface area (Å²) in [7, 11) is 2.70. The van der Waals surface area contributed by atoms with Crippen molar-refractivity contribution in [3.8, 4) is 5.88 Å². The standard InChI is InChI=1S/C22H17N3O4/c1-24-20(27)16(21(28)25(2)22(24)29)12-15-14-10-6-7-11-17(14)23-18(15)19(26)13-8-4-3-5-9-13/h3-12,27H,1-2H3. The monoisotopic (exact) mass is 387 g/mol. The Morgan fingerprint density at radius 2 is 1.62 bits per heavy atom. The summed E-state index contributed by atoms with van der Waals surface area (Å²) in [6, 6.07) is 15.9. The normalized spacial score (nSPS) is 14.0. The predicted molar refractivity (Wildman–Crippen MR) is 111 cm³/mol. The molecule has 0 fully saturated rings. The van der Waals surface area contributed by atoms with Crippen LogP contribution in [-0.2, 0) is 14.1 Å². The lowest BCUT2D eigenvalue weighted by Gasteiger charge is -2.10. The van der Waals surface area contributed by atoms with Crippen LogP contribution in [0.5, 0.6) is 5.88 Å². The number of aliphatic imine (C=N–C) groups is 1. The number of ketones is 1. The van der Waals surface area contributed by atoms with E-state index < -0.39 is 17.1 Å². The molecule has 7 heteroatoms. The Kier molecular flexibility index (Phi) is 4.35. The fourth-order valence-corrected chi connectivity index (χ4v) is 3.28. The number of nitrogens with zero attached hydrogens (tertiary/aromatic N) is 3. The van der Waals surface area contributed by atoms with Gasteiger partial charge in [0.05, 0.1) is 5.69 Å². The SMILES string of the molecule is Cn1c(O)c(C=C2C(C(=O)c3ccccc3)=Nc3ccccc32)c(=O)n(C)c1=O. The van der Waals surface area contributed by atoms with Crippen LogP contribution in [0.3, 0.4) is 0 Å². The first-order valence-electron chi connectivity index (χ1n) is 8.89. The van der Waals surface area contributed by atoms with Gasteiger partial charge in [0.25, 0.3) is 5.56 Å². The summed E-state index contributed by atoms with van der Waals surface area (Å²) in [5.41, 5.74) is 0.927. The predicted octanol–water partition coefficient (Wildman–Crippen LogP) is 2.30. The Bertz CT molecular complexity index is 1330. The number of benzene rings is 2. The van der Waals surface area contributed by atoms with Crippen molar-refractivity contribution in [2.24, 2.45) is 19.1 Å². The molecule has 1 aromatic heterocycles. The lowest BCUT2D eigenvalue weighted by atomic mass is 9.95. The van der Waals surface area contributed by atoms with Crippen LogP contribution in [0.1, 0.15) is 21.5 Å². The van der Waals surface area contributed by atoms with E-state index in [0.29, 0.717) is 22.4 Å². The lowest BCUT2D eigenvalue weighted by Crippen LogP contribution is -2.38. The number of para-hydroxylation sites is 1. The highest BCUT2D eigenvalue weighted by Gasteiger charge is 2.28. The third-order valence-corrected chi connectivity index (χ3v) is 4.89. The van der Waals surface area contributed by atoms with Crippen molar-refractivity contribution < 1.29 is 9.90 Å². The molecule has 3 aromatic rings. The molecule has 0 unspecified atom stereocenters. The molecule has 0 radical (unpaired) electrons. The van der Waals surface area contributed by atoms with Crippen LogP contribution < -0.4 is 11.2 Å². The third kappa shape index (κ3) is 2.93. The number of carbonyl (C=O) groups excluding carboxylic acids is 1. The Morgan fingerprint density at radius 1 is 0.966 bits per heavy atom. The van der Waals surface area contributed by atoms with Crippen molar-refractivity contribution >= 4 is 28.8 Å². The Morgan fingerprint density at radius 3 is 2.34 bits per heavy atom. The fourth-order valence-electron chi connectivity index (χ4n) is 3.28. The number of aromatic hydroxyl groups is 1. The highest BCUT2D eigenvalue weighted by molar-refractivity contribution is 6.63. The van der Waals surface area contributed by atoms with E-state index in [4.69, 9.17) is 0 Å². The number of hydrogen-bond donors (Lipinski definition) is 1. The second-order valence-corrected chi connectivity index (χ2v) is 6.67. The van der Waals surface area contributed by atoms with Gasteiger partial charge in [-0.1, -0.05) is 48.5 Å². The summed E-state index contributed by atoms with van der Waals surface area (Å²) < 4.78 is 1.88. The molecule has 0 saturated carbocycles.